The van der Waals surface area contributed by atoms with Gasteiger partial charge in [0.05, 0.1) is 6.10 Å². The number of rotatable bonds is 10. The number of hydrogen-bond donors (Lipinski definition) is 0. The lowest BCUT2D eigenvalue weighted by Crippen LogP contribution is -2.68. The third-order valence-corrected chi connectivity index (χ3v) is 19.7. The van der Waals surface area contributed by atoms with Gasteiger partial charge in [-0.2, -0.15) is 0 Å². The second kappa shape index (κ2) is 13.6. The Morgan fingerprint density at radius 1 is 0.714 bits per heavy atom. The van der Waals surface area contributed by atoms with E-state index in [1.807, 2.05) is 0 Å². The van der Waals surface area contributed by atoms with Crippen molar-refractivity contribution in [3.63, 3.8) is 0 Å². The van der Waals surface area contributed by atoms with E-state index in [9.17, 15) is 4.79 Å². The van der Waals surface area contributed by atoms with E-state index in [-0.39, 0.29) is 27.9 Å². The quantitative estimate of drug-likeness (QED) is 0.256. The standard InChI is InChI=1S/C36H56O4Si2/c1-35(2,3)41(7,8)40-33-27-30(26-28(34(33)37)24-25-38-29-18-12-9-13-19-29)39-42(36(4,5)6,31-20-14-10-15-21-31)32-22-16-11-17-23-32/h10-11,14-17,20-23,28-30,33H,9,12-13,18-19,24-27H2,1-8H3. The molecular weight excluding hydrogens is 553 g/mol. The maximum absolute atomic E-state index is 14.1. The molecule has 3 unspecified atom stereocenters. The first kappa shape index (κ1) is 33.3. The molecule has 2 aliphatic carbocycles. The molecule has 232 valence electrons. The molecule has 4 rings (SSSR count). The van der Waals surface area contributed by atoms with Crippen molar-refractivity contribution in [1.82, 2.24) is 0 Å². The first-order valence-electron chi connectivity index (χ1n) is 16.4. The Kier molecular flexibility index (Phi) is 10.8. The van der Waals surface area contributed by atoms with Crippen LogP contribution in [-0.2, 0) is 18.4 Å². The minimum absolute atomic E-state index is 0.0265. The third-order valence-electron chi connectivity index (χ3n) is 10.1. The fraction of sp³-hybridized carbons (Fsp3) is 0.639. The summed E-state index contributed by atoms with van der Waals surface area (Å²) in [4.78, 5) is 14.1. The predicted octanol–water partition coefficient (Wildman–Crippen LogP) is 8.04. The Balaban J connectivity index is 1.67. The highest BCUT2D eigenvalue weighted by Gasteiger charge is 2.53. The number of carbonyl (C=O) groups is 1. The molecule has 2 aromatic rings. The molecule has 6 heteroatoms. The SMILES string of the molecule is CC(C)(C)[Si](C)(C)OC1CC(O[Si](c2ccccc2)(c2ccccc2)C(C)(C)C)CC(CCOC2CCCCC2)C1=O. The van der Waals surface area contributed by atoms with E-state index < -0.39 is 22.7 Å². The summed E-state index contributed by atoms with van der Waals surface area (Å²) in [6.45, 7) is 18.9. The molecule has 2 saturated carbocycles. The summed E-state index contributed by atoms with van der Waals surface area (Å²) in [5, 5.41) is 2.46. The molecule has 0 aromatic heterocycles. The van der Waals surface area contributed by atoms with Crippen LogP contribution in [0.4, 0.5) is 0 Å². The summed E-state index contributed by atoms with van der Waals surface area (Å²) in [6.07, 6.45) is 8.07. The molecule has 3 atom stereocenters. The van der Waals surface area contributed by atoms with Crippen molar-refractivity contribution >= 4 is 32.8 Å². The molecule has 0 heterocycles. The molecule has 2 aromatic carbocycles. The van der Waals surface area contributed by atoms with E-state index in [4.69, 9.17) is 13.6 Å². The summed E-state index contributed by atoms with van der Waals surface area (Å²) in [5.41, 5.74) is 0. The van der Waals surface area contributed by atoms with Crippen LogP contribution >= 0.6 is 0 Å². The zero-order valence-electron chi connectivity index (χ0n) is 27.6. The van der Waals surface area contributed by atoms with Crippen LogP contribution in [-0.4, -0.2) is 47.3 Å². The monoisotopic (exact) mass is 608 g/mol. The Morgan fingerprint density at radius 3 is 1.76 bits per heavy atom. The van der Waals surface area contributed by atoms with Gasteiger partial charge in [-0.1, -0.05) is 121 Å². The van der Waals surface area contributed by atoms with Crippen LogP contribution in [0, 0.1) is 5.92 Å². The Hall–Kier alpha value is -1.58. The minimum atomic E-state index is -2.76. The number of carbonyl (C=O) groups excluding carboxylic acids is 1. The van der Waals surface area contributed by atoms with E-state index in [1.54, 1.807) is 0 Å². The largest absolute Gasteiger partial charge is 0.407 e. The van der Waals surface area contributed by atoms with E-state index in [0.29, 0.717) is 19.1 Å². The van der Waals surface area contributed by atoms with Crippen LogP contribution in [0.3, 0.4) is 0 Å². The van der Waals surface area contributed by atoms with Crippen LogP contribution in [0.25, 0.3) is 0 Å². The highest BCUT2D eigenvalue weighted by atomic mass is 28.4. The smallest absolute Gasteiger partial charge is 0.261 e. The molecule has 0 amide bonds. The lowest BCUT2D eigenvalue weighted by Gasteiger charge is -2.48. The average Bonchev–Trinajstić information content (AvgIpc) is 2.94. The molecule has 0 aliphatic heterocycles. The van der Waals surface area contributed by atoms with Gasteiger partial charge >= 0.3 is 0 Å². The van der Waals surface area contributed by atoms with Crippen molar-refractivity contribution in [3.05, 3.63) is 60.7 Å². The van der Waals surface area contributed by atoms with Crippen molar-refractivity contribution < 1.29 is 18.4 Å². The molecule has 0 spiro atoms. The molecule has 0 radical (unpaired) electrons. The van der Waals surface area contributed by atoms with E-state index in [0.717, 1.165) is 25.7 Å². The molecule has 42 heavy (non-hydrogen) atoms. The fourth-order valence-electron chi connectivity index (χ4n) is 6.69. The summed E-state index contributed by atoms with van der Waals surface area (Å²) in [5.74, 6) is 0.148. The van der Waals surface area contributed by atoms with Crippen molar-refractivity contribution in [1.29, 1.82) is 0 Å². The number of hydrogen-bond acceptors (Lipinski definition) is 4. The molecule has 0 bridgehead atoms. The topological polar surface area (TPSA) is 44.8 Å². The van der Waals surface area contributed by atoms with E-state index in [2.05, 4.69) is 115 Å². The first-order chi connectivity index (χ1) is 19.7. The first-order valence-corrected chi connectivity index (χ1v) is 21.2. The molecule has 4 nitrogen and oxygen atoms in total. The van der Waals surface area contributed by atoms with Crippen molar-refractivity contribution in [2.45, 2.75) is 134 Å². The fourth-order valence-corrected chi connectivity index (χ4v) is 12.7. The molecular formula is C36H56O4Si2. The van der Waals surface area contributed by atoms with Gasteiger partial charge in [-0.3, -0.25) is 4.79 Å². The highest BCUT2D eigenvalue weighted by Crippen LogP contribution is 2.43. The zero-order chi connectivity index (χ0) is 30.6. The molecule has 0 N–H and O–H groups in total. The van der Waals surface area contributed by atoms with Crippen LogP contribution in [0.1, 0.15) is 92.9 Å². The highest BCUT2D eigenvalue weighted by molar-refractivity contribution is 6.99. The zero-order valence-corrected chi connectivity index (χ0v) is 29.6. The van der Waals surface area contributed by atoms with Gasteiger partial charge < -0.3 is 13.6 Å². The summed E-state index contributed by atoms with van der Waals surface area (Å²) in [7, 11) is -4.93. The Labute approximate surface area is 258 Å². The van der Waals surface area contributed by atoms with Gasteiger partial charge in [-0.05, 0) is 59.2 Å². The van der Waals surface area contributed by atoms with Gasteiger partial charge in [0, 0.05) is 25.0 Å². The van der Waals surface area contributed by atoms with Gasteiger partial charge in [0.15, 0.2) is 14.1 Å². The van der Waals surface area contributed by atoms with Crippen LogP contribution in [0.2, 0.25) is 23.2 Å². The lowest BCUT2D eigenvalue weighted by atomic mass is 9.82. The normalized spacial score (nSPS) is 23.2. The van der Waals surface area contributed by atoms with Crippen molar-refractivity contribution in [2.24, 2.45) is 5.92 Å². The number of ether oxygens (including phenoxy) is 1. The van der Waals surface area contributed by atoms with Crippen molar-refractivity contribution in [2.75, 3.05) is 6.61 Å². The summed E-state index contributed by atoms with van der Waals surface area (Å²) >= 11 is 0. The lowest BCUT2D eigenvalue weighted by molar-refractivity contribution is -0.137. The van der Waals surface area contributed by atoms with Crippen LogP contribution in [0.15, 0.2) is 60.7 Å². The second-order valence-corrected chi connectivity index (χ2v) is 24.3. The van der Waals surface area contributed by atoms with Gasteiger partial charge in [0.1, 0.15) is 6.10 Å². The number of benzene rings is 2. The summed E-state index contributed by atoms with van der Waals surface area (Å²) < 4.78 is 20.8. The molecule has 2 aliphatic rings. The van der Waals surface area contributed by atoms with E-state index >= 15 is 0 Å². The average molecular weight is 609 g/mol. The van der Waals surface area contributed by atoms with Gasteiger partial charge in [-0.15, -0.1) is 0 Å². The Morgan fingerprint density at radius 2 is 1.26 bits per heavy atom. The second-order valence-electron chi connectivity index (χ2n) is 15.3. The van der Waals surface area contributed by atoms with Gasteiger partial charge in [-0.25, -0.2) is 0 Å². The Bertz CT molecular complexity index is 1090. The van der Waals surface area contributed by atoms with Gasteiger partial charge in [0.2, 0.25) is 0 Å². The molecule has 0 saturated heterocycles. The predicted molar refractivity (Wildman–Crippen MR) is 180 cm³/mol. The number of Topliss-reactive ketones (excluding diaryl/α,β-unsaturated/α-hetero) is 1. The van der Waals surface area contributed by atoms with Gasteiger partial charge in [0.25, 0.3) is 8.32 Å². The maximum Gasteiger partial charge on any atom is 0.261 e. The van der Waals surface area contributed by atoms with E-state index in [1.165, 1.54) is 29.6 Å². The van der Waals surface area contributed by atoms with Crippen LogP contribution < -0.4 is 10.4 Å². The maximum atomic E-state index is 14.1. The summed E-state index contributed by atoms with van der Waals surface area (Å²) in [6, 6.07) is 21.7. The van der Waals surface area contributed by atoms with Crippen molar-refractivity contribution in [3.8, 4) is 0 Å². The molecule has 2 fully saturated rings. The number of ketones is 1. The third kappa shape index (κ3) is 7.55. The minimum Gasteiger partial charge on any atom is -0.407 e. The van der Waals surface area contributed by atoms with Crippen LogP contribution in [0.5, 0.6) is 0 Å².